The van der Waals surface area contributed by atoms with Gasteiger partial charge in [0.1, 0.15) is 12.0 Å². The second-order valence-corrected chi connectivity index (χ2v) is 9.63. The lowest BCUT2D eigenvalue weighted by molar-refractivity contribution is -0.131. The first-order valence-electron chi connectivity index (χ1n) is 11.9. The summed E-state index contributed by atoms with van der Waals surface area (Å²) in [6, 6.07) is 9.35. The highest BCUT2D eigenvalue weighted by molar-refractivity contribution is 8.01. The Balaban J connectivity index is 1.92. The minimum absolute atomic E-state index is 0.0839. The molecular weight excluding hydrogens is 471 g/mol. The van der Waals surface area contributed by atoms with Crippen LogP contribution in [0.15, 0.2) is 24.3 Å². The van der Waals surface area contributed by atoms with Crippen LogP contribution in [0.1, 0.15) is 26.7 Å². The summed E-state index contributed by atoms with van der Waals surface area (Å²) in [6.07, 6.45) is 1.48. The van der Waals surface area contributed by atoms with Crippen LogP contribution in [-0.4, -0.2) is 84.6 Å². The molecule has 3 amide bonds. The van der Waals surface area contributed by atoms with Crippen molar-refractivity contribution in [2.45, 2.75) is 37.3 Å². The van der Waals surface area contributed by atoms with Crippen LogP contribution in [-0.2, 0) is 14.4 Å². The van der Waals surface area contributed by atoms with Crippen LogP contribution in [0.25, 0.3) is 0 Å². The van der Waals surface area contributed by atoms with Crippen LogP contribution in [0, 0.1) is 17.2 Å². The zero-order valence-electron chi connectivity index (χ0n) is 20.6. The van der Waals surface area contributed by atoms with E-state index in [1.165, 1.54) is 11.8 Å². The first-order chi connectivity index (χ1) is 16.8. The van der Waals surface area contributed by atoms with Crippen molar-refractivity contribution in [3.63, 3.8) is 0 Å². The molecule has 3 atom stereocenters. The van der Waals surface area contributed by atoms with Gasteiger partial charge >= 0.3 is 0 Å². The summed E-state index contributed by atoms with van der Waals surface area (Å²) in [5, 5.41) is 17.1. The number of alkyl halides is 1. The summed E-state index contributed by atoms with van der Waals surface area (Å²) in [5.74, 6) is -1.82. The normalized spacial score (nSPS) is 18.3. The summed E-state index contributed by atoms with van der Waals surface area (Å²) in [4.78, 5) is 40.9. The summed E-state index contributed by atoms with van der Waals surface area (Å²) < 4.78 is 12.4. The van der Waals surface area contributed by atoms with E-state index in [0.717, 1.165) is 18.7 Å². The monoisotopic (exact) mass is 506 g/mol. The Kier molecular flexibility index (Phi) is 11.8. The number of carbonyl (C=O) groups excluding carboxylic acids is 3. The van der Waals surface area contributed by atoms with Gasteiger partial charge in [-0.05, 0) is 51.6 Å². The van der Waals surface area contributed by atoms with Crippen molar-refractivity contribution >= 4 is 40.9 Å². The number of carbonyl (C=O) groups is 3. The number of nitriles is 1. The third kappa shape index (κ3) is 8.40. The lowest BCUT2D eigenvalue weighted by Crippen LogP contribution is -2.44. The number of nitrogens with one attached hydrogen (secondary N) is 3. The topological polar surface area (TPSA) is 118 Å². The largest absolute Gasteiger partial charge is 0.385 e. The van der Waals surface area contributed by atoms with Crippen LogP contribution in [0.5, 0.6) is 0 Å². The lowest BCUT2D eigenvalue weighted by atomic mass is 10.1. The van der Waals surface area contributed by atoms with Crippen molar-refractivity contribution in [2.24, 2.45) is 5.92 Å². The van der Waals surface area contributed by atoms with Gasteiger partial charge in [-0.15, -0.1) is 11.8 Å². The van der Waals surface area contributed by atoms with Crippen molar-refractivity contribution in [1.29, 1.82) is 5.26 Å². The first-order valence-corrected chi connectivity index (χ1v) is 12.8. The van der Waals surface area contributed by atoms with E-state index in [2.05, 4.69) is 22.9 Å². The number of hydrogen-bond donors (Lipinski definition) is 3. The molecule has 0 radical (unpaired) electrons. The number of benzene rings is 1. The molecule has 11 heteroatoms. The maximum atomic E-state index is 12.9. The fraction of sp³-hybridized carbons (Fsp3) is 0.583. The predicted molar refractivity (Wildman–Crippen MR) is 137 cm³/mol. The van der Waals surface area contributed by atoms with E-state index in [4.69, 9.17) is 0 Å². The highest BCUT2D eigenvalue weighted by Crippen LogP contribution is 2.37. The van der Waals surface area contributed by atoms with Crippen LogP contribution < -0.4 is 16.0 Å². The van der Waals surface area contributed by atoms with E-state index in [0.29, 0.717) is 31.7 Å². The lowest BCUT2D eigenvalue weighted by Gasteiger charge is -2.25. The predicted octanol–water partition coefficient (Wildman–Crippen LogP) is 2.28. The number of anilines is 2. The zero-order valence-corrected chi connectivity index (χ0v) is 21.4. The van der Waals surface area contributed by atoms with Gasteiger partial charge in [0.2, 0.25) is 17.7 Å². The van der Waals surface area contributed by atoms with E-state index in [9.17, 15) is 24.0 Å². The Bertz CT molecular complexity index is 911. The van der Waals surface area contributed by atoms with E-state index >= 15 is 0 Å². The molecule has 1 aliphatic rings. The van der Waals surface area contributed by atoms with Gasteiger partial charge in [0.25, 0.3) is 0 Å². The number of halogens is 1. The summed E-state index contributed by atoms with van der Waals surface area (Å²) in [7, 11) is 1.91. The molecule has 1 aromatic rings. The Hall–Kier alpha value is -2.84. The highest BCUT2D eigenvalue weighted by atomic mass is 32.2. The van der Waals surface area contributed by atoms with E-state index in [-0.39, 0.29) is 18.4 Å². The molecule has 0 aromatic heterocycles. The average Bonchev–Trinajstić information content (AvgIpc) is 3.13. The fourth-order valence-corrected chi connectivity index (χ4v) is 5.47. The van der Waals surface area contributed by atoms with Crippen molar-refractivity contribution in [3.05, 3.63) is 24.3 Å². The second-order valence-electron chi connectivity index (χ2n) is 8.31. The smallest absolute Gasteiger partial charge is 0.240 e. The Morgan fingerprint density at radius 2 is 2.03 bits per heavy atom. The third-order valence-corrected chi connectivity index (χ3v) is 7.08. The minimum atomic E-state index is -1.06. The van der Waals surface area contributed by atoms with Gasteiger partial charge < -0.3 is 20.9 Å². The van der Waals surface area contributed by atoms with Crippen molar-refractivity contribution in [3.8, 4) is 6.07 Å². The van der Waals surface area contributed by atoms with Crippen LogP contribution in [0.3, 0.4) is 0 Å². The first kappa shape index (κ1) is 28.4. The van der Waals surface area contributed by atoms with E-state index in [1.54, 1.807) is 11.8 Å². The fourth-order valence-electron chi connectivity index (χ4n) is 3.89. The molecule has 3 N–H and O–H groups in total. The zero-order chi connectivity index (χ0) is 25.8. The van der Waals surface area contributed by atoms with Crippen molar-refractivity contribution in [2.75, 3.05) is 57.1 Å². The summed E-state index contributed by atoms with van der Waals surface area (Å²) >= 11 is 1.30. The van der Waals surface area contributed by atoms with Crippen molar-refractivity contribution < 1.29 is 18.8 Å². The molecule has 35 heavy (non-hydrogen) atoms. The number of likely N-dealkylation sites (N-methyl/N-ethyl adjacent to an activating group) is 1. The highest BCUT2D eigenvalue weighted by Gasteiger charge is 2.45. The quantitative estimate of drug-likeness (QED) is 0.354. The number of nitrogens with zero attached hydrogens (tertiary/aromatic N) is 3. The average molecular weight is 507 g/mol. The van der Waals surface area contributed by atoms with Gasteiger partial charge in [0.15, 0.2) is 5.92 Å². The molecule has 1 heterocycles. The Labute approximate surface area is 210 Å². The van der Waals surface area contributed by atoms with Crippen LogP contribution >= 0.6 is 11.8 Å². The van der Waals surface area contributed by atoms with Gasteiger partial charge in [-0.2, -0.15) is 5.26 Å². The molecule has 192 valence electrons. The molecule has 2 rings (SSSR count). The number of rotatable bonds is 14. The molecule has 1 aliphatic heterocycles. The molecule has 1 saturated heterocycles. The van der Waals surface area contributed by atoms with Gasteiger partial charge in [0, 0.05) is 31.0 Å². The molecular formula is C24H35FN6O3S. The standard InChI is InChI=1S/C24H35FN6O3S/c1-4-13-30(3)16-21(32)29-18-8-6-7-17(14-18)27-11-9-20-23(34)31(5-2)24(35-20)19(15-26)22(33)28-12-10-25/h6-8,14,19-20,24,27H,4-5,9-13,16H2,1-3H3,(H,28,33)(H,29,32). The van der Waals surface area contributed by atoms with Crippen molar-refractivity contribution in [1.82, 2.24) is 15.1 Å². The molecule has 0 aliphatic carbocycles. The minimum Gasteiger partial charge on any atom is -0.385 e. The maximum Gasteiger partial charge on any atom is 0.240 e. The second kappa shape index (κ2) is 14.5. The van der Waals surface area contributed by atoms with E-state index in [1.807, 2.05) is 42.3 Å². The molecule has 3 unspecified atom stereocenters. The number of hydrogen-bond acceptors (Lipinski definition) is 7. The van der Waals surface area contributed by atoms with Gasteiger partial charge in [0.05, 0.1) is 17.9 Å². The molecule has 0 bridgehead atoms. The number of thioether (sulfide) groups is 1. The molecule has 1 aromatic carbocycles. The Morgan fingerprint density at radius 3 is 2.69 bits per heavy atom. The van der Waals surface area contributed by atoms with Crippen LogP contribution in [0.4, 0.5) is 15.8 Å². The summed E-state index contributed by atoms with van der Waals surface area (Å²) in [6.45, 7) is 5.04. The Morgan fingerprint density at radius 1 is 1.29 bits per heavy atom. The SMILES string of the molecule is CCCN(C)CC(=O)Nc1cccc(NCCC2SC(C(C#N)C(=O)NCCF)N(CC)C2=O)c1. The van der Waals surface area contributed by atoms with Gasteiger partial charge in [-0.1, -0.05) is 13.0 Å². The molecule has 0 saturated carbocycles. The maximum absolute atomic E-state index is 12.9. The van der Waals surface area contributed by atoms with E-state index < -0.39 is 29.1 Å². The number of amides is 3. The molecule has 1 fully saturated rings. The third-order valence-electron chi connectivity index (χ3n) is 5.51. The molecule has 0 spiro atoms. The van der Waals surface area contributed by atoms with Crippen LogP contribution in [0.2, 0.25) is 0 Å². The molecule has 9 nitrogen and oxygen atoms in total. The summed E-state index contributed by atoms with van der Waals surface area (Å²) in [5.41, 5.74) is 1.49. The van der Waals surface area contributed by atoms with Gasteiger partial charge in [-0.25, -0.2) is 4.39 Å². The van der Waals surface area contributed by atoms with Gasteiger partial charge in [-0.3, -0.25) is 19.3 Å².